The lowest BCUT2D eigenvalue weighted by molar-refractivity contribution is -0.113. The lowest BCUT2D eigenvalue weighted by atomic mass is 10.0. The second-order valence-corrected chi connectivity index (χ2v) is 9.49. The third-order valence-corrected chi connectivity index (χ3v) is 5.86. The third kappa shape index (κ3) is 6.31. The number of thioether (sulfide) groups is 1. The quantitative estimate of drug-likeness (QED) is 0.465. The highest BCUT2D eigenvalue weighted by atomic mass is 32.2. The average molecular weight is 461 g/mol. The van der Waals surface area contributed by atoms with Crippen LogP contribution in [0.5, 0.6) is 0 Å². The first-order valence-corrected chi connectivity index (χ1v) is 12.6. The van der Waals surface area contributed by atoms with Gasteiger partial charge in [-0.15, -0.1) is 10.2 Å². The van der Waals surface area contributed by atoms with Gasteiger partial charge in [-0.25, -0.2) is 8.42 Å². The molecular weight excluding hydrogens is 436 g/mol. The molecule has 0 unspecified atom stereocenters. The van der Waals surface area contributed by atoms with Crippen LogP contribution in [0.2, 0.25) is 0 Å². The molecule has 0 bridgehead atoms. The molecule has 0 aliphatic rings. The number of aryl methyl sites for hydroxylation is 2. The van der Waals surface area contributed by atoms with E-state index < -0.39 is 10.0 Å². The molecule has 0 aliphatic heterocycles. The number of benzene rings is 2. The fourth-order valence-electron chi connectivity index (χ4n) is 2.99. The summed E-state index contributed by atoms with van der Waals surface area (Å²) >= 11 is 1.16. The maximum atomic E-state index is 12.5. The van der Waals surface area contributed by atoms with Crippen molar-refractivity contribution in [3.63, 3.8) is 0 Å². The van der Waals surface area contributed by atoms with E-state index in [1.807, 2.05) is 18.2 Å². The molecule has 0 spiro atoms. The SMILES string of the molecule is CCc1cccc(CC)c1NC(=O)CSc1nnc(-c2ccc(NS(C)(=O)=O)cc2)o1. The monoisotopic (exact) mass is 460 g/mol. The fourth-order valence-corrected chi connectivity index (χ4v) is 4.11. The molecule has 164 valence electrons. The van der Waals surface area contributed by atoms with Gasteiger partial charge in [-0.3, -0.25) is 9.52 Å². The van der Waals surface area contributed by atoms with Gasteiger partial charge in [-0.2, -0.15) is 0 Å². The number of aromatic nitrogens is 2. The third-order valence-electron chi connectivity index (χ3n) is 4.43. The van der Waals surface area contributed by atoms with E-state index in [0.29, 0.717) is 17.1 Å². The summed E-state index contributed by atoms with van der Waals surface area (Å²) in [7, 11) is -3.34. The maximum Gasteiger partial charge on any atom is 0.277 e. The van der Waals surface area contributed by atoms with E-state index in [1.54, 1.807) is 24.3 Å². The topological polar surface area (TPSA) is 114 Å². The van der Waals surface area contributed by atoms with Crippen molar-refractivity contribution in [1.29, 1.82) is 0 Å². The van der Waals surface area contributed by atoms with Gasteiger partial charge in [-0.1, -0.05) is 43.8 Å². The number of hydrogen-bond donors (Lipinski definition) is 2. The number of rotatable bonds is 9. The van der Waals surface area contributed by atoms with Gasteiger partial charge in [-0.05, 0) is 48.2 Å². The number of hydrogen-bond acceptors (Lipinski definition) is 7. The molecule has 0 saturated heterocycles. The van der Waals surface area contributed by atoms with Crippen molar-refractivity contribution >= 4 is 39.1 Å². The van der Waals surface area contributed by atoms with Gasteiger partial charge >= 0.3 is 0 Å². The zero-order chi connectivity index (χ0) is 22.4. The van der Waals surface area contributed by atoms with E-state index in [4.69, 9.17) is 4.42 Å². The van der Waals surface area contributed by atoms with Crippen LogP contribution in [0.3, 0.4) is 0 Å². The molecule has 10 heteroatoms. The Morgan fingerprint density at radius 3 is 2.26 bits per heavy atom. The van der Waals surface area contributed by atoms with Crippen molar-refractivity contribution in [3.8, 4) is 11.5 Å². The van der Waals surface area contributed by atoms with Crippen molar-refractivity contribution in [1.82, 2.24) is 10.2 Å². The second-order valence-electron chi connectivity index (χ2n) is 6.82. The minimum atomic E-state index is -3.34. The molecular formula is C21H24N4O4S2. The summed E-state index contributed by atoms with van der Waals surface area (Å²) in [5.41, 5.74) is 4.17. The van der Waals surface area contributed by atoms with Crippen LogP contribution < -0.4 is 10.0 Å². The molecule has 0 aliphatic carbocycles. The van der Waals surface area contributed by atoms with Gasteiger partial charge in [0.25, 0.3) is 5.22 Å². The summed E-state index contributed by atoms with van der Waals surface area (Å²) in [6.07, 6.45) is 2.76. The summed E-state index contributed by atoms with van der Waals surface area (Å²) in [5, 5.41) is 11.3. The number of sulfonamides is 1. The van der Waals surface area contributed by atoms with Crippen LogP contribution in [0.1, 0.15) is 25.0 Å². The number of nitrogens with zero attached hydrogens (tertiary/aromatic N) is 2. The average Bonchev–Trinajstić information content (AvgIpc) is 3.21. The van der Waals surface area contributed by atoms with Crippen molar-refractivity contribution < 1.29 is 17.6 Å². The molecule has 1 aromatic heterocycles. The summed E-state index contributed by atoms with van der Waals surface area (Å²) in [6.45, 7) is 4.12. The van der Waals surface area contributed by atoms with Crippen LogP contribution in [-0.2, 0) is 27.7 Å². The molecule has 3 aromatic rings. The molecule has 1 heterocycles. The number of carbonyl (C=O) groups excluding carboxylic acids is 1. The minimum absolute atomic E-state index is 0.139. The van der Waals surface area contributed by atoms with Crippen molar-refractivity contribution in [2.24, 2.45) is 0 Å². The summed E-state index contributed by atoms with van der Waals surface area (Å²) < 4.78 is 30.6. The number of nitrogens with one attached hydrogen (secondary N) is 2. The maximum absolute atomic E-state index is 12.5. The number of para-hydroxylation sites is 1. The van der Waals surface area contributed by atoms with Crippen molar-refractivity contribution in [3.05, 3.63) is 53.6 Å². The highest BCUT2D eigenvalue weighted by Gasteiger charge is 2.14. The molecule has 31 heavy (non-hydrogen) atoms. The molecule has 8 nitrogen and oxygen atoms in total. The van der Waals surface area contributed by atoms with Crippen LogP contribution in [0.15, 0.2) is 52.1 Å². The van der Waals surface area contributed by atoms with E-state index in [9.17, 15) is 13.2 Å². The van der Waals surface area contributed by atoms with E-state index in [-0.39, 0.29) is 16.9 Å². The van der Waals surface area contributed by atoms with Gasteiger partial charge in [0.05, 0.1) is 12.0 Å². The van der Waals surface area contributed by atoms with Crippen LogP contribution in [-0.4, -0.2) is 36.5 Å². The molecule has 2 N–H and O–H groups in total. The predicted octanol–water partition coefficient (Wildman–Crippen LogP) is 3.96. The normalized spacial score (nSPS) is 11.3. The van der Waals surface area contributed by atoms with Crippen LogP contribution in [0, 0.1) is 0 Å². The highest BCUT2D eigenvalue weighted by Crippen LogP contribution is 2.26. The molecule has 0 atom stereocenters. The first-order valence-electron chi connectivity index (χ1n) is 9.74. The highest BCUT2D eigenvalue weighted by molar-refractivity contribution is 7.99. The van der Waals surface area contributed by atoms with Gasteiger partial charge in [0.1, 0.15) is 0 Å². The molecule has 0 fully saturated rings. The van der Waals surface area contributed by atoms with Crippen molar-refractivity contribution in [2.45, 2.75) is 31.9 Å². The molecule has 1 amide bonds. The number of carbonyl (C=O) groups is 1. The van der Waals surface area contributed by atoms with E-state index in [2.05, 4.69) is 34.1 Å². The van der Waals surface area contributed by atoms with Crippen LogP contribution >= 0.6 is 11.8 Å². The molecule has 0 radical (unpaired) electrons. The smallest absolute Gasteiger partial charge is 0.277 e. The largest absolute Gasteiger partial charge is 0.411 e. The van der Waals surface area contributed by atoms with Gasteiger partial charge in [0.2, 0.25) is 21.8 Å². The molecule has 3 rings (SSSR count). The zero-order valence-corrected chi connectivity index (χ0v) is 19.1. The van der Waals surface area contributed by atoms with Gasteiger partial charge < -0.3 is 9.73 Å². The van der Waals surface area contributed by atoms with E-state index in [0.717, 1.165) is 47.7 Å². The van der Waals surface area contributed by atoms with Crippen LogP contribution in [0.25, 0.3) is 11.5 Å². The zero-order valence-electron chi connectivity index (χ0n) is 17.5. The van der Waals surface area contributed by atoms with Gasteiger partial charge in [0, 0.05) is 16.9 Å². The Labute approximate surface area is 185 Å². The first kappa shape index (κ1) is 22.8. The van der Waals surface area contributed by atoms with Crippen molar-refractivity contribution in [2.75, 3.05) is 22.0 Å². The molecule has 0 saturated carbocycles. The number of anilines is 2. The Bertz CT molecular complexity index is 1140. The fraction of sp³-hybridized carbons (Fsp3) is 0.286. The lowest BCUT2D eigenvalue weighted by Gasteiger charge is -2.14. The Kier molecular flexibility index (Phi) is 7.34. The van der Waals surface area contributed by atoms with Crippen LogP contribution in [0.4, 0.5) is 11.4 Å². The number of amides is 1. The summed E-state index contributed by atoms with van der Waals surface area (Å²) in [5.74, 6) is 0.287. The van der Waals surface area contributed by atoms with E-state index in [1.165, 1.54) is 0 Å². The minimum Gasteiger partial charge on any atom is -0.411 e. The Morgan fingerprint density at radius 1 is 1.03 bits per heavy atom. The first-order chi connectivity index (χ1) is 14.8. The van der Waals surface area contributed by atoms with E-state index >= 15 is 0 Å². The standard InChI is InChI=1S/C21H24N4O4S2/c1-4-14-7-6-8-15(5-2)19(14)22-18(26)13-30-21-24-23-20(29-21)16-9-11-17(12-10-16)25-31(3,27)28/h6-12,25H,4-5,13H2,1-3H3,(H,22,26). The predicted molar refractivity (Wildman–Crippen MR) is 123 cm³/mol. The second kappa shape index (κ2) is 9.97. The lowest BCUT2D eigenvalue weighted by Crippen LogP contribution is -2.16. The molecule has 2 aromatic carbocycles. The summed E-state index contributed by atoms with van der Waals surface area (Å²) in [4.78, 5) is 12.5. The van der Waals surface area contributed by atoms with Gasteiger partial charge in [0.15, 0.2) is 0 Å². The Balaban J connectivity index is 1.61. The summed E-state index contributed by atoms with van der Waals surface area (Å²) in [6, 6.07) is 12.6. The Morgan fingerprint density at radius 2 is 1.68 bits per heavy atom. The Hall–Kier alpha value is -2.85.